The Labute approximate surface area is 81.3 Å². The fourth-order valence-electron chi connectivity index (χ4n) is 1.16. The molecule has 2 heterocycles. The summed E-state index contributed by atoms with van der Waals surface area (Å²) in [6, 6.07) is 1.82. The Morgan fingerprint density at radius 3 is 2.86 bits per heavy atom. The lowest BCUT2D eigenvalue weighted by Crippen LogP contribution is -1.89. The molecule has 0 saturated carbocycles. The first kappa shape index (κ1) is 8.68. The summed E-state index contributed by atoms with van der Waals surface area (Å²) < 4.78 is 6.77. The van der Waals surface area contributed by atoms with Crippen molar-refractivity contribution in [2.75, 3.05) is 7.11 Å². The molecule has 0 radical (unpaired) electrons. The summed E-state index contributed by atoms with van der Waals surface area (Å²) in [6.45, 7) is 0. The van der Waals surface area contributed by atoms with Crippen molar-refractivity contribution < 1.29 is 4.74 Å². The molecule has 14 heavy (non-hydrogen) atoms. The molecule has 0 amide bonds. The lowest BCUT2D eigenvalue weighted by Gasteiger charge is -1.99. The monoisotopic (exact) mass is 190 g/mol. The number of hydrogen-bond acceptors (Lipinski definition) is 4. The van der Waals surface area contributed by atoms with E-state index in [1.54, 1.807) is 24.2 Å². The molecule has 0 saturated heterocycles. The Kier molecular flexibility index (Phi) is 2.14. The lowest BCUT2D eigenvalue weighted by molar-refractivity contribution is 0.412. The molecule has 2 aromatic heterocycles. The second-order valence-corrected chi connectivity index (χ2v) is 2.88. The third kappa shape index (κ3) is 1.56. The summed E-state index contributed by atoms with van der Waals surface area (Å²) in [5.74, 6) is 0.693. The molecule has 0 unspecified atom stereocenters. The molecule has 0 fully saturated rings. The molecule has 0 atom stereocenters. The maximum atomic E-state index is 5.05. The van der Waals surface area contributed by atoms with Gasteiger partial charge in [0.15, 0.2) is 0 Å². The van der Waals surface area contributed by atoms with Crippen LogP contribution < -0.4 is 4.74 Å². The lowest BCUT2D eigenvalue weighted by atomic mass is 10.2. The van der Waals surface area contributed by atoms with Crippen molar-refractivity contribution in [2.45, 2.75) is 0 Å². The number of ether oxygens (including phenoxy) is 1. The van der Waals surface area contributed by atoms with Crippen molar-refractivity contribution in [1.29, 1.82) is 0 Å². The van der Waals surface area contributed by atoms with Crippen LogP contribution >= 0.6 is 0 Å². The highest BCUT2D eigenvalue weighted by atomic mass is 16.5. The number of aromatic nitrogens is 4. The molecule has 72 valence electrons. The van der Waals surface area contributed by atoms with Crippen LogP contribution in [-0.4, -0.2) is 27.1 Å². The fraction of sp³-hybridized carbons (Fsp3) is 0.222. The molecule has 5 nitrogen and oxygen atoms in total. The molecule has 0 bridgehead atoms. The van der Waals surface area contributed by atoms with Crippen molar-refractivity contribution in [3.8, 4) is 17.0 Å². The van der Waals surface area contributed by atoms with Gasteiger partial charge in [0, 0.05) is 24.9 Å². The predicted octanol–water partition coefficient (Wildman–Crippen LogP) is 0.886. The van der Waals surface area contributed by atoms with Gasteiger partial charge in [-0.1, -0.05) is 0 Å². The van der Waals surface area contributed by atoms with E-state index in [1.807, 2.05) is 19.3 Å². The van der Waals surface area contributed by atoms with Gasteiger partial charge in [-0.2, -0.15) is 15.3 Å². The summed E-state index contributed by atoms with van der Waals surface area (Å²) in [6.07, 6.45) is 5.19. The molecule has 0 aliphatic rings. The minimum atomic E-state index is 0.693. The van der Waals surface area contributed by atoms with E-state index < -0.39 is 0 Å². The SMILES string of the molecule is COc1cnnc(-c2cnn(C)c2)c1. The number of aryl methyl sites for hydroxylation is 1. The summed E-state index contributed by atoms with van der Waals surface area (Å²) in [7, 11) is 3.46. The topological polar surface area (TPSA) is 52.8 Å². The van der Waals surface area contributed by atoms with Gasteiger partial charge in [-0.05, 0) is 0 Å². The van der Waals surface area contributed by atoms with Crippen molar-refractivity contribution >= 4 is 0 Å². The number of rotatable bonds is 2. The van der Waals surface area contributed by atoms with E-state index in [2.05, 4.69) is 15.3 Å². The quantitative estimate of drug-likeness (QED) is 0.705. The summed E-state index contributed by atoms with van der Waals surface area (Å²) >= 11 is 0. The van der Waals surface area contributed by atoms with Gasteiger partial charge in [0.25, 0.3) is 0 Å². The molecule has 0 aliphatic heterocycles. The second-order valence-electron chi connectivity index (χ2n) is 2.88. The molecule has 2 rings (SSSR count). The normalized spacial score (nSPS) is 10.1. The van der Waals surface area contributed by atoms with Crippen molar-refractivity contribution in [3.63, 3.8) is 0 Å². The zero-order valence-electron chi connectivity index (χ0n) is 8.01. The van der Waals surface area contributed by atoms with Crippen LogP contribution in [0.25, 0.3) is 11.3 Å². The highest BCUT2D eigenvalue weighted by Crippen LogP contribution is 2.18. The van der Waals surface area contributed by atoms with Crippen LogP contribution in [0.15, 0.2) is 24.7 Å². The summed E-state index contributed by atoms with van der Waals surface area (Å²) in [5, 5.41) is 11.9. The number of hydrogen-bond donors (Lipinski definition) is 0. The molecule has 2 aromatic rings. The van der Waals surface area contributed by atoms with Crippen LogP contribution in [-0.2, 0) is 7.05 Å². The third-order valence-corrected chi connectivity index (χ3v) is 1.87. The van der Waals surface area contributed by atoms with Crippen LogP contribution in [0.1, 0.15) is 0 Å². The van der Waals surface area contributed by atoms with Gasteiger partial charge in [-0.25, -0.2) is 0 Å². The Hall–Kier alpha value is -1.91. The number of nitrogens with zero attached hydrogens (tertiary/aromatic N) is 4. The van der Waals surface area contributed by atoms with Crippen molar-refractivity contribution in [2.24, 2.45) is 7.05 Å². The molecule has 0 N–H and O–H groups in total. The van der Waals surface area contributed by atoms with Gasteiger partial charge >= 0.3 is 0 Å². The van der Waals surface area contributed by atoms with E-state index in [4.69, 9.17) is 4.74 Å². The Morgan fingerprint density at radius 2 is 2.21 bits per heavy atom. The van der Waals surface area contributed by atoms with Crippen LogP contribution in [0, 0.1) is 0 Å². The zero-order valence-corrected chi connectivity index (χ0v) is 8.01. The minimum Gasteiger partial charge on any atom is -0.495 e. The second kappa shape index (κ2) is 3.45. The first-order valence-electron chi connectivity index (χ1n) is 4.15. The van der Waals surface area contributed by atoms with Crippen molar-refractivity contribution in [1.82, 2.24) is 20.0 Å². The summed E-state index contributed by atoms with van der Waals surface area (Å²) in [4.78, 5) is 0. The first-order chi connectivity index (χ1) is 6.79. The molecule has 0 spiro atoms. The van der Waals surface area contributed by atoms with Crippen LogP contribution in [0.5, 0.6) is 5.75 Å². The van der Waals surface area contributed by atoms with E-state index in [-0.39, 0.29) is 0 Å². The predicted molar refractivity (Wildman–Crippen MR) is 50.8 cm³/mol. The Bertz CT molecular complexity index is 438. The van der Waals surface area contributed by atoms with E-state index in [1.165, 1.54) is 0 Å². The molecular formula is C9H10N4O. The van der Waals surface area contributed by atoms with E-state index in [9.17, 15) is 0 Å². The van der Waals surface area contributed by atoms with E-state index in [0.717, 1.165) is 11.3 Å². The standard InChI is InChI=1S/C9H10N4O/c1-13-6-7(4-11-13)9-3-8(14-2)5-10-12-9/h3-6H,1-2H3. The molecule has 0 aromatic carbocycles. The van der Waals surface area contributed by atoms with Gasteiger partial charge in [0.2, 0.25) is 0 Å². The van der Waals surface area contributed by atoms with Gasteiger partial charge < -0.3 is 4.74 Å². The maximum absolute atomic E-state index is 5.05. The first-order valence-corrected chi connectivity index (χ1v) is 4.15. The van der Waals surface area contributed by atoms with Gasteiger partial charge in [-0.15, -0.1) is 0 Å². The largest absolute Gasteiger partial charge is 0.495 e. The average molecular weight is 190 g/mol. The van der Waals surface area contributed by atoms with Crippen molar-refractivity contribution in [3.05, 3.63) is 24.7 Å². The third-order valence-electron chi connectivity index (χ3n) is 1.87. The average Bonchev–Trinajstić information content (AvgIpc) is 2.65. The number of methoxy groups -OCH3 is 1. The minimum absolute atomic E-state index is 0.693. The maximum Gasteiger partial charge on any atom is 0.141 e. The smallest absolute Gasteiger partial charge is 0.141 e. The molecule has 0 aliphatic carbocycles. The highest BCUT2D eigenvalue weighted by Gasteiger charge is 2.03. The molecular weight excluding hydrogens is 180 g/mol. The molecule has 5 heteroatoms. The van der Waals surface area contributed by atoms with Crippen LogP contribution in [0.4, 0.5) is 0 Å². The van der Waals surface area contributed by atoms with Crippen LogP contribution in [0.3, 0.4) is 0 Å². The highest BCUT2D eigenvalue weighted by molar-refractivity contribution is 5.57. The van der Waals surface area contributed by atoms with Gasteiger partial charge in [0.1, 0.15) is 5.75 Å². The van der Waals surface area contributed by atoms with E-state index >= 15 is 0 Å². The van der Waals surface area contributed by atoms with Gasteiger partial charge in [0.05, 0.1) is 25.2 Å². The van der Waals surface area contributed by atoms with Gasteiger partial charge in [-0.3, -0.25) is 4.68 Å². The Morgan fingerprint density at radius 1 is 1.36 bits per heavy atom. The van der Waals surface area contributed by atoms with Crippen LogP contribution in [0.2, 0.25) is 0 Å². The fourth-order valence-corrected chi connectivity index (χ4v) is 1.16. The zero-order chi connectivity index (χ0) is 9.97. The van der Waals surface area contributed by atoms with E-state index in [0.29, 0.717) is 5.75 Å². The Balaban J connectivity index is 2.41. The summed E-state index contributed by atoms with van der Waals surface area (Å²) in [5.41, 5.74) is 1.69.